The van der Waals surface area contributed by atoms with Crippen LogP contribution in [-0.4, -0.2) is 27.2 Å². The number of benzene rings is 2. The average molecular weight is 523 g/mol. The number of carboxylic acids is 1. The first-order chi connectivity index (χ1) is 17.1. The van der Waals surface area contributed by atoms with Crippen molar-refractivity contribution in [2.75, 3.05) is 10.6 Å². The fraction of sp³-hybridized carbons (Fsp3) is 0.333. The maximum Gasteiger partial charge on any atom is 0.320 e. The number of aliphatic carboxylic acids is 1. The van der Waals surface area contributed by atoms with Gasteiger partial charge in [-0.2, -0.15) is 0 Å². The Morgan fingerprint density at radius 3 is 2.39 bits per heavy atom. The second kappa shape index (κ2) is 10.6. The molecule has 1 aromatic heterocycles. The Labute approximate surface area is 208 Å². The van der Waals surface area contributed by atoms with E-state index in [1.807, 2.05) is 6.07 Å². The van der Waals surface area contributed by atoms with Gasteiger partial charge < -0.3 is 20.2 Å². The lowest BCUT2D eigenvalue weighted by Gasteiger charge is -2.31. The number of carboxylic acid groups (broad SMARTS) is 1. The average Bonchev–Trinajstić information content (AvgIpc) is 3.32. The summed E-state index contributed by atoms with van der Waals surface area (Å²) >= 11 is 6.38. The molecule has 0 aliphatic heterocycles. The highest BCUT2D eigenvalue weighted by molar-refractivity contribution is 6.34. The molecule has 2 aromatic carbocycles. The van der Waals surface area contributed by atoms with Crippen molar-refractivity contribution < 1.29 is 32.3 Å². The van der Waals surface area contributed by atoms with Gasteiger partial charge in [-0.3, -0.25) is 9.59 Å². The molecule has 0 radical (unpaired) electrons. The third-order valence-electron chi connectivity index (χ3n) is 6.45. The lowest BCUT2D eigenvalue weighted by Crippen LogP contribution is -2.24. The predicted octanol–water partition coefficient (Wildman–Crippen LogP) is 6.13. The van der Waals surface area contributed by atoms with Crippen molar-refractivity contribution >= 4 is 40.9 Å². The maximum atomic E-state index is 13.8. The Balaban J connectivity index is 1.38. The van der Waals surface area contributed by atoms with E-state index >= 15 is 0 Å². The number of nitrogens with zero attached hydrogens (tertiary/aromatic N) is 2. The molecule has 1 atom stereocenters. The van der Waals surface area contributed by atoms with Gasteiger partial charge in [0.1, 0.15) is 5.82 Å². The zero-order valence-electron chi connectivity index (χ0n) is 19.0. The summed E-state index contributed by atoms with van der Waals surface area (Å²) in [6, 6.07) is 5.78. The maximum absolute atomic E-state index is 13.8. The number of anilines is 3. The Morgan fingerprint density at radius 1 is 1.03 bits per heavy atom. The van der Waals surface area contributed by atoms with E-state index in [-0.39, 0.29) is 17.8 Å². The largest absolute Gasteiger partial charge is 0.481 e. The van der Waals surface area contributed by atoms with Crippen molar-refractivity contribution in [3.05, 3.63) is 64.3 Å². The Hall–Kier alpha value is -3.60. The zero-order chi connectivity index (χ0) is 26.0. The van der Waals surface area contributed by atoms with Crippen molar-refractivity contribution in [1.82, 2.24) is 10.2 Å². The predicted molar refractivity (Wildman–Crippen MR) is 125 cm³/mol. The molecule has 1 aliphatic rings. The summed E-state index contributed by atoms with van der Waals surface area (Å²) in [5.74, 6) is -5.72. The minimum atomic E-state index is -1.35. The van der Waals surface area contributed by atoms with Crippen LogP contribution in [0.5, 0.6) is 0 Å². The number of rotatable bonds is 7. The topological polar surface area (TPSA) is 117 Å². The van der Waals surface area contributed by atoms with Crippen LogP contribution in [0.4, 0.5) is 30.6 Å². The number of nitrogens with one attached hydrogen (secondary N) is 2. The fourth-order valence-electron chi connectivity index (χ4n) is 4.32. The molecular weight excluding hydrogens is 501 g/mol. The Morgan fingerprint density at radius 2 is 1.72 bits per heavy atom. The van der Waals surface area contributed by atoms with Crippen LogP contribution < -0.4 is 10.6 Å². The second-order valence-corrected chi connectivity index (χ2v) is 9.12. The first-order valence-corrected chi connectivity index (χ1v) is 11.6. The molecule has 8 nitrogen and oxygen atoms in total. The first kappa shape index (κ1) is 25.5. The van der Waals surface area contributed by atoms with Crippen LogP contribution >= 0.6 is 11.6 Å². The highest BCUT2D eigenvalue weighted by atomic mass is 35.5. The molecule has 3 N–H and O–H groups in total. The molecule has 0 saturated heterocycles. The van der Waals surface area contributed by atoms with Crippen LogP contribution in [0.3, 0.4) is 0 Å². The third-order valence-corrected chi connectivity index (χ3v) is 6.76. The van der Waals surface area contributed by atoms with E-state index in [1.54, 1.807) is 19.1 Å². The lowest BCUT2D eigenvalue weighted by atomic mass is 9.74. The highest BCUT2D eigenvalue weighted by Gasteiger charge is 2.29. The summed E-state index contributed by atoms with van der Waals surface area (Å²) in [7, 11) is 0. The zero-order valence-corrected chi connectivity index (χ0v) is 19.8. The molecule has 0 bridgehead atoms. The van der Waals surface area contributed by atoms with Crippen molar-refractivity contribution in [1.29, 1.82) is 0 Å². The van der Waals surface area contributed by atoms with Crippen LogP contribution in [0, 0.1) is 29.3 Å². The Bertz CT molecular complexity index is 1290. The van der Waals surface area contributed by atoms with Crippen molar-refractivity contribution in [3.63, 3.8) is 0 Å². The van der Waals surface area contributed by atoms with Gasteiger partial charge in [0, 0.05) is 12.1 Å². The fourth-order valence-corrected chi connectivity index (χ4v) is 4.55. The summed E-state index contributed by atoms with van der Waals surface area (Å²) in [4.78, 5) is 23.7. The van der Waals surface area contributed by atoms with Crippen LogP contribution in [0.15, 0.2) is 34.7 Å². The number of aromatic nitrogens is 2. The van der Waals surface area contributed by atoms with E-state index in [4.69, 9.17) is 16.0 Å². The number of carbonyl (C=O) groups excluding carboxylic acids is 1. The second-order valence-electron chi connectivity index (χ2n) is 8.72. The lowest BCUT2D eigenvalue weighted by molar-refractivity contribution is -0.143. The van der Waals surface area contributed by atoms with E-state index < -0.39 is 46.9 Å². The van der Waals surface area contributed by atoms with Gasteiger partial charge in [0.2, 0.25) is 0 Å². The molecular formula is C24H22ClF3N4O4. The van der Waals surface area contributed by atoms with Crippen LogP contribution in [0.25, 0.3) is 0 Å². The number of halogens is 4. The standard InChI is InChI=1S/C24H22ClF3N4O4/c1-11(23(34)35)12-2-4-13(5-3-12)14-6-7-19(15(25)8-14)29-21(33)22-31-32-24(36-22)30-20-10-17(27)16(26)9-18(20)28/h6-13H,2-5H2,1H3,(H,29,33)(H,30,32)(H,34,35)/t11-,12-,13-/m1/s1. The normalized spacial score (nSPS) is 18.5. The molecule has 3 aromatic rings. The van der Waals surface area contributed by atoms with Gasteiger partial charge >= 0.3 is 23.8 Å². The minimum absolute atomic E-state index is 0.153. The van der Waals surface area contributed by atoms with Gasteiger partial charge in [-0.1, -0.05) is 29.7 Å². The summed E-state index contributed by atoms with van der Waals surface area (Å²) in [5, 5.41) is 21.5. The van der Waals surface area contributed by atoms with Crippen LogP contribution in [-0.2, 0) is 4.79 Å². The van der Waals surface area contributed by atoms with E-state index in [9.17, 15) is 27.9 Å². The van der Waals surface area contributed by atoms with Crippen LogP contribution in [0.2, 0.25) is 5.02 Å². The molecule has 1 fully saturated rings. The SMILES string of the molecule is C[C@@H](C(=O)O)[C@H]1CC[C@H](c2ccc(NC(=O)c3nnc(Nc4cc(F)c(F)cc4F)o3)c(Cl)c2)CC1. The third kappa shape index (κ3) is 5.62. The van der Waals surface area contributed by atoms with Gasteiger partial charge in [0.05, 0.1) is 22.3 Å². The van der Waals surface area contributed by atoms with E-state index in [1.165, 1.54) is 0 Å². The molecule has 0 spiro atoms. The number of hydrogen-bond acceptors (Lipinski definition) is 6. The molecule has 1 aliphatic carbocycles. The van der Waals surface area contributed by atoms with Gasteiger partial charge in [-0.25, -0.2) is 13.2 Å². The van der Waals surface area contributed by atoms with E-state index in [0.29, 0.717) is 22.8 Å². The molecule has 36 heavy (non-hydrogen) atoms. The van der Waals surface area contributed by atoms with Crippen LogP contribution in [0.1, 0.15) is 54.8 Å². The molecule has 190 valence electrons. The Kier molecular flexibility index (Phi) is 7.48. The molecule has 1 saturated carbocycles. The summed E-state index contributed by atoms with van der Waals surface area (Å²) in [6.45, 7) is 1.74. The molecule has 12 heteroatoms. The quantitative estimate of drug-likeness (QED) is 0.319. The highest BCUT2D eigenvalue weighted by Crippen LogP contribution is 2.40. The van der Waals surface area contributed by atoms with E-state index in [2.05, 4.69) is 20.8 Å². The van der Waals surface area contributed by atoms with Gasteiger partial charge in [-0.05, 0) is 55.2 Å². The molecule has 1 heterocycles. The number of carbonyl (C=O) groups is 2. The van der Waals surface area contributed by atoms with Gasteiger partial charge in [0.15, 0.2) is 11.6 Å². The van der Waals surface area contributed by atoms with Crippen molar-refractivity contribution in [2.45, 2.75) is 38.5 Å². The number of hydrogen-bond donors (Lipinski definition) is 3. The number of amides is 1. The summed E-state index contributed by atoms with van der Waals surface area (Å²) < 4.78 is 45.4. The molecule has 1 amide bonds. The monoisotopic (exact) mass is 522 g/mol. The molecule has 4 rings (SSSR count). The van der Waals surface area contributed by atoms with Crippen molar-refractivity contribution in [3.8, 4) is 0 Å². The van der Waals surface area contributed by atoms with Crippen molar-refractivity contribution in [2.24, 2.45) is 11.8 Å². The summed E-state index contributed by atoms with van der Waals surface area (Å²) in [6.07, 6.45) is 3.33. The minimum Gasteiger partial charge on any atom is -0.481 e. The molecule has 0 unspecified atom stereocenters. The first-order valence-electron chi connectivity index (χ1n) is 11.2. The smallest absolute Gasteiger partial charge is 0.320 e. The summed E-state index contributed by atoms with van der Waals surface area (Å²) in [5.41, 5.74) is 0.852. The van der Waals surface area contributed by atoms with E-state index in [0.717, 1.165) is 31.2 Å². The van der Waals surface area contributed by atoms with Gasteiger partial charge in [-0.15, -0.1) is 5.10 Å². The van der Waals surface area contributed by atoms with Gasteiger partial charge in [0.25, 0.3) is 0 Å².